The van der Waals surface area contributed by atoms with E-state index >= 15 is 0 Å². The van der Waals surface area contributed by atoms with Crippen LogP contribution in [-0.4, -0.2) is 20.9 Å². The summed E-state index contributed by atoms with van der Waals surface area (Å²) in [6.07, 6.45) is 1.69. The molecule has 4 aromatic rings. The van der Waals surface area contributed by atoms with E-state index < -0.39 is 17.6 Å². The van der Waals surface area contributed by atoms with Gasteiger partial charge in [0.25, 0.3) is 11.8 Å². The molecule has 27 heavy (non-hydrogen) atoms. The fraction of sp³-hybridized carbons (Fsp3) is 0.105. The summed E-state index contributed by atoms with van der Waals surface area (Å²) in [6.45, 7) is -0.272. The van der Waals surface area contributed by atoms with Gasteiger partial charge in [-0.25, -0.2) is 4.79 Å². The molecule has 0 spiro atoms. The maximum absolute atomic E-state index is 12.4. The monoisotopic (exact) mass is 364 g/mol. The van der Waals surface area contributed by atoms with Crippen LogP contribution in [0.2, 0.25) is 0 Å². The highest BCUT2D eigenvalue weighted by Gasteiger charge is 2.16. The topological polar surface area (TPSA) is 98.3 Å². The van der Waals surface area contributed by atoms with Gasteiger partial charge in [0.2, 0.25) is 0 Å². The van der Waals surface area contributed by atoms with Crippen LogP contribution in [0.1, 0.15) is 10.4 Å². The van der Waals surface area contributed by atoms with Gasteiger partial charge in [0, 0.05) is 24.1 Å². The minimum Gasteiger partial charge on any atom is -0.408 e. The lowest BCUT2D eigenvalue weighted by molar-refractivity contribution is -0.122. The lowest BCUT2D eigenvalue weighted by Crippen LogP contribution is -2.43. The molecule has 4 rings (SSSR count). The van der Waals surface area contributed by atoms with E-state index in [1.54, 1.807) is 30.5 Å². The van der Waals surface area contributed by atoms with Gasteiger partial charge in [0.15, 0.2) is 5.58 Å². The molecule has 0 saturated carbocycles. The van der Waals surface area contributed by atoms with Crippen LogP contribution in [0.5, 0.6) is 0 Å². The van der Waals surface area contributed by atoms with E-state index in [4.69, 9.17) is 4.42 Å². The van der Waals surface area contributed by atoms with Gasteiger partial charge in [0.05, 0.1) is 11.1 Å². The van der Waals surface area contributed by atoms with Crippen molar-refractivity contribution in [3.05, 3.63) is 70.8 Å². The molecule has 2 aromatic heterocycles. The van der Waals surface area contributed by atoms with Gasteiger partial charge in [-0.1, -0.05) is 30.3 Å². The van der Waals surface area contributed by atoms with Crippen LogP contribution >= 0.6 is 0 Å². The summed E-state index contributed by atoms with van der Waals surface area (Å²) in [5, 5.41) is 0.781. The van der Waals surface area contributed by atoms with Crippen LogP contribution in [-0.2, 0) is 18.4 Å². The predicted octanol–water partition coefficient (Wildman–Crippen LogP) is 1.55. The Morgan fingerprint density at radius 2 is 1.70 bits per heavy atom. The number of hydrazine groups is 1. The van der Waals surface area contributed by atoms with Crippen molar-refractivity contribution in [2.75, 3.05) is 0 Å². The molecule has 8 heteroatoms. The van der Waals surface area contributed by atoms with Crippen molar-refractivity contribution >= 4 is 33.8 Å². The first-order valence-corrected chi connectivity index (χ1v) is 8.26. The molecule has 2 N–H and O–H groups in total. The van der Waals surface area contributed by atoms with Crippen LogP contribution in [0.15, 0.2) is 63.9 Å². The van der Waals surface area contributed by atoms with Gasteiger partial charge >= 0.3 is 5.76 Å². The summed E-state index contributed by atoms with van der Waals surface area (Å²) in [6, 6.07) is 14.3. The Morgan fingerprint density at radius 1 is 1.00 bits per heavy atom. The van der Waals surface area contributed by atoms with Gasteiger partial charge in [-0.2, -0.15) is 0 Å². The Bertz CT molecular complexity index is 1230. The highest BCUT2D eigenvalue weighted by molar-refractivity contribution is 6.07. The van der Waals surface area contributed by atoms with Crippen LogP contribution in [0.25, 0.3) is 22.0 Å². The maximum Gasteiger partial charge on any atom is 0.420 e. The van der Waals surface area contributed by atoms with Crippen LogP contribution in [0.3, 0.4) is 0 Å². The molecule has 0 radical (unpaired) electrons. The van der Waals surface area contributed by atoms with E-state index in [0.717, 1.165) is 10.9 Å². The van der Waals surface area contributed by atoms with Crippen LogP contribution < -0.4 is 16.6 Å². The van der Waals surface area contributed by atoms with Gasteiger partial charge < -0.3 is 8.98 Å². The Morgan fingerprint density at radius 3 is 2.52 bits per heavy atom. The first-order chi connectivity index (χ1) is 13.0. The smallest absolute Gasteiger partial charge is 0.408 e. The zero-order valence-corrected chi connectivity index (χ0v) is 14.4. The third-order valence-electron chi connectivity index (χ3n) is 4.33. The Labute approximate surface area is 153 Å². The largest absolute Gasteiger partial charge is 0.420 e. The second-order valence-electron chi connectivity index (χ2n) is 6.09. The van der Waals surface area contributed by atoms with Crippen LogP contribution in [0.4, 0.5) is 0 Å². The number of benzene rings is 2. The van der Waals surface area contributed by atoms with Crippen molar-refractivity contribution in [2.45, 2.75) is 6.54 Å². The highest BCUT2D eigenvalue weighted by Crippen LogP contribution is 2.19. The Hall–Kier alpha value is -3.81. The molecular weight excluding hydrogens is 348 g/mol. The number of nitrogens with one attached hydrogen (secondary N) is 2. The van der Waals surface area contributed by atoms with Crippen molar-refractivity contribution in [3.63, 3.8) is 0 Å². The average molecular weight is 364 g/mol. The van der Waals surface area contributed by atoms with E-state index in [0.29, 0.717) is 16.7 Å². The van der Waals surface area contributed by atoms with Crippen molar-refractivity contribution < 1.29 is 14.0 Å². The first kappa shape index (κ1) is 16.6. The number of fused-ring (bicyclic) bond motifs is 2. The van der Waals surface area contributed by atoms with Gasteiger partial charge in [0.1, 0.15) is 6.54 Å². The number of carbonyl (C=O) groups is 2. The lowest BCUT2D eigenvalue weighted by Gasteiger charge is -2.07. The number of oxazole rings is 1. The Balaban J connectivity index is 1.48. The summed E-state index contributed by atoms with van der Waals surface area (Å²) in [7, 11) is 1.84. The van der Waals surface area contributed by atoms with E-state index in [2.05, 4.69) is 10.9 Å². The first-order valence-electron chi connectivity index (χ1n) is 8.26. The second kappa shape index (κ2) is 6.49. The fourth-order valence-corrected chi connectivity index (χ4v) is 3.06. The van der Waals surface area contributed by atoms with Crippen molar-refractivity contribution in [2.24, 2.45) is 7.05 Å². The molecule has 0 aliphatic carbocycles. The Kier molecular flexibility index (Phi) is 4.00. The number of hydrogen-bond donors (Lipinski definition) is 2. The number of carbonyl (C=O) groups excluding carboxylic acids is 2. The molecule has 2 amide bonds. The van der Waals surface area contributed by atoms with Crippen LogP contribution in [0, 0.1) is 0 Å². The molecule has 8 nitrogen and oxygen atoms in total. The van der Waals surface area contributed by atoms with E-state index in [1.165, 1.54) is 4.57 Å². The summed E-state index contributed by atoms with van der Waals surface area (Å²) < 4.78 is 8.12. The third kappa shape index (κ3) is 2.97. The highest BCUT2D eigenvalue weighted by atomic mass is 16.4. The normalized spacial score (nSPS) is 11.0. The summed E-state index contributed by atoms with van der Waals surface area (Å²) in [4.78, 5) is 36.5. The number of para-hydroxylation sites is 3. The molecule has 0 unspecified atom stereocenters. The van der Waals surface area contributed by atoms with Crippen molar-refractivity contribution in [1.82, 2.24) is 20.0 Å². The van der Waals surface area contributed by atoms with Gasteiger partial charge in [-0.3, -0.25) is 25.0 Å². The molecule has 2 aromatic carbocycles. The van der Waals surface area contributed by atoms with Crippen molar-refractivity contribution in [1.29, 1.82) is 0 Å². The van der Waals surface area contributed by atoms with Crippen molar-refractivity contribution in [3.8, 4) is 0 Å². The number of hydrogen-bond acceptors (Lipinski definition) is 4. The average Bonchev–Trinajstić information content (AvgIpc) is 3.17. The molecule has 0 aliphatic rings. The zero-order valence-electron chi connectivity index (χ0n) is 14.4. The summed E-state index contributed by atoms with van der Waals surface area (Å²) in [5.41, 5.74) is 6.98. The molecule has 0 saturated heterocycles. The number of aromatic nitrogens is 2. The lowest BCUT2D eigenvalue weighted by atomic mass is 10.2. The quantitative estimate of drug-likeness (QED) is 0.539. The number of aryl methyl sites for hydroxylation is 1. The minimum atomic E-state index is -0.633. The molecule has 0 aliphatic heterocycles. The zero-order chi connectivity index (χ0) is 19.0. The summed E-state index contributed by atoms with van der Waals surface area (Å²) >= 11 is 0. The predicted molar refractivity (Wildman–Crippen MR) is 99.0 cm³/mol. The van der Waals surface area contributed by atoms with E-state index in [9.17, 15) is 14.4 Å². The standard InChI is InChI=1S/C19H16N4O4/c1-22-10-13(12-6-2-3-7-14(12)22)18(25)21-20-17(24)11-23-15-8-4-5-9-16(15)27-19(23)26/h2-10H,11H2,1H3,(H,20,24)(H,21,25). The SMILES string of the molecule is Cn1cc(C(=O)NNC(=O)Cn2c(=O)oc3ccccc32)c2ccccc21. The number of amides is 2. The van der Waals surface area contributed by atoms with E-state index in [1.807, 2.05) is 35.9 Å². The maximum atomic E-state index is 12.4. The van der Waals surface area contributed by atoms with Gasteiger partial charge in [-0.05, 0) is 18.2 Å². The molecule has 0 bridgehead atoms. The fourth-order valence-electron chi connectivity index (χ4n) is 3.06. The molecular formula is C19H16N4O4. The van der Waals surface area contributed by atoms with E-state index in [-0.39, 0.29) is 6.54 Å². The molecule has 136 valence electrons. The van der Waals surface area contributed by atoms with Gasteiger partial charge in [-0.15, -0.1) is 0 Å². The number of rotatable bonds is 3. The third-order valence-corrected chi connectivity index (χ3v) is 4.33. The summed E-state index contributed by atoms with van der Waals surface area (Å²) in [5.74, 6) is -1.62. The molecule has 2 heterocycles. The molecule has 0 atom stereocenters. The second-order valence-corrected chi connectivity index (χ2v) is 6.09. The number of nitrogens with zero attached hydrogens (tertiary/aromatic N) is 2. The molecule has 0 fully saturated rings. The minimum absolute atomic E-state index is 0.272.